The van der Waals surface area contributed by atoms with E-state index in [1.54, 1.807) is 11.9 Å². The molecule has 0 radical (unpaired) electrons. The second-order valence-electron chi connectivity index (χ2n) is 8.04. The molecule has 36 heavy (non-hydrogen) atoms. The van der Waals surface area contributed by atoms with Gasteiger partial charge >= 0.3 is 18.3 Å². The molecular formula is C22H20F6N6O2. The first-order chi connectivity index (χ1) is 16.9. The summed E-state index contributed by atoms with van der Waals surface area (Å²) in [5, 5.41) is 3.28. The van der Waals surface area contributed by atoms with Gasteiger partial charge in [-0.25, -0.2) is 9.78 Å². The highest BCUT2D eigenvalue weighted by Crippen LogP contribution is 2.43. The maximum absolute atomic E-state index is 14.0. The maximum Gasteiger partial charge on any atom is 0.490 e. The molecule has 2 aromatic heterocycles. The summed E-state index contributed by atoms with van der Waals surface area (Å²) < 4.78 is 84.1. The van der Waals surface area contributed by atoms with Crippen molar-refractivity contribution in [1.29, 1.82) is 0 Å². The zero-order valence-electron chi connectivity index (χ0n) is 18.7. The number of pyridine rings is 1. The van der Waals surface area contributed by atoms with Gasteiger partial charge in [-0.15, -0.1) is 0 Å². The number of ether oxygens (including phenoxy) is 1. The first-order valence-corrected chi connectivity index (χ1v) is 10.7. The van der Waals surface area contributed by atoms with Crippen molar-refractivity contribution in [2.24, 2.45) is 0 Å². The molecule has 0 saturated carbocycles. The second-order valence-corrected chi connectivity index (χ2v) is 8.04. The average Bonchev–Trinajstić information content (AvgIpc) is 2.82. The van der Waals surface area contributed by atoms with E-state index in [4.69, 9.17) is 5.73 Å². The molecular weight excluding hydrogens is 494 g/mol. The van der Waals surface area contributed by atoms with Crippen LogP contribution in [0.5, 0.6) is 0 Å². The van der Waals surface area contributed by atoms with Crippen LogP contribution >= 0.6 is 0 Å². The number of aromatic nitrogens is 3. The van der Waals surface area contributed by atoms with E-state index in [1.807, 2.05) is 0 Å². The molecule has 1 aromatic carbocycles. The van der Waals surface area contributed by atoms with E-state index in [1.165, 1.54) is 24.3 Å². The van der Waals surface area contributed by atoms with E-state index < -0.39 is 30.0 Å². The summed E-state index contributed by atoms with van der Waals surface area (Å²) in [5.74, 6) is -2.05. The third-order valence-electron chi connectivity index (χ3n) is 5.71. The molecule has 1 saturated heterocycles. The number of benzene rings is 1. The zero-order chi connectivity index (χ0) is 26.3. The molecule has 0 atom stereocenters. The average molecular weight is 514 g/mol. The molecule has 0 spiro atoms. The molecule has 8 nitrogen and oxygen atoms in total. The smallest absolute Gasteiger partial charge is 0.456 e. The second kappa shape index (κ2) is 9.32. The van der Waals surface area contributed by atoms with Gasteiger partial charge < -0.3 is 20.7 Å². The van der Waals surface area contributed by atoms with Crippen molar-refractivity contribution in [2.45, 2.75) is 31.3 Å². The first-order valence-electron chi connectivity index (χ1n) is 10.7. The Morgan fingerprint density at radius 2 is 1.75 bits per heavy atom. The molecule has 0 unspecified atom stereocenters. The van der Waals surface area contributed by atoms with Gasteiger partial charge in [0.15, 0.2) is 5.65 Å². The van der Waals surface area contributed by atoms with Gasteiger partial charge in [0, 0.05) is 44.2 Å². The van der Waals surface area contributed by atoms with Crippen molar-refractivity contribution in [3.8, 4) is 11.3 Å². The largest absolute Gasteiger partial charge is 0.490 e. The Morgan fingerprint density at radius 1 is 1.06 bits per heavy atom. The van der Waals surface area contributed by atoms with Crippen LogP contribution in [0, 0.1) is 0 Å². The van der Waals surface area contributed by atoms with E-state index in [2.05, 4.69) is 25.0 Å². The van der Waals surface area contributed by atoms with Crippen LogP contribution in [0.3, 0.4) is 0 Å². The molecule has 0 aliphatic carbocycles. The number of alkyl halides is 6. The van der Waals surface area contributed by atoms with Gasteiger partial charge in [-0.05, 0) is 24.3 Å². The molecule has 3 N–H and O–H groups in total. The Morgan fingerprint density at radius 3 is 2.36 bits per heavy atom. The SMILES string of the molecule is CNc1nc(N)nc2nc(-c3c(N4CCC(OC(=O)C(F)(F)F)CC4)cccc3C(F)(F)F)ccc12. The highest BCUT2D eigenvalue weighted by atomic mass is 19.4. The van der Waals surface area contributed by atoms with Gasteiger partial charge in [-0.3, -0.25) is 0 Å². The fraction of sp³-hybridized carbons (Fsp3) is 0.364. The van der Waals surface area contributed by atoms with Crippen molar-refractivity contribution in [2.75, 3.05) is 36.1 Å². The normalized spacial score (nSPS) is 15.2. The minimum atomic E-state index is -5.12. The fourth-order valence-corrected chi connectivity index (χ4v) is 4.10. The number of nitrogen functional groups attached to an aromatic ring is 1. The van der Waals surface area contributed by atoms with Gasteiger partial charge in [-0.2, -0.15) is 36.3 Å². The van der Waals surface area contributed by atoms with Crippen LogP contribution in [-0.2, 0) is 15.7 Å². The summed E-state index contributed by atoms with van der Waals surface area (Å²) >= 11 is 0. The number of piperidine rings is 1. The van der Waals surface area contributed by atoms with E-state index in [9.17, 15) is 31.1 Å². The lowest BCUT2D eigenvalue weighted by atomic mass is 9.98. The van der Waals surface area contributed by atoms with Gasteiger partial charge in [-0.1, -0.05) is 6.07 Å². The fourth-order valence-electron chi connectivity index (χ4n) is 4.10. The van der Waals surface area contributed by atoms with Crippen LogP contribution in [0.25, 0.3) is 22.3 Å². The number of nitrogens with zero attached hydrogens (tertiary/aromatic N) is 4. The highest BCUT2D eigenvalue weighted by molar-refractivity contribution is 5.91. The maximum atomic E-state index is 14.0. The molecule has 4 rings (SSSR count). The Hall–Kier alpha value is -3.84. The minimum absolute atomic E-state index is 0.0118. The minimum Gasteiger partial charge on any atom is -0.456 e. The molecule has 14 heteroatoms. The van der Waals surface area contributed by atoms with E-state index in [-0.39, 0.29) is 54.5 Å². The lowest BCUT2D eigenvalue weighted by Gasteiger charge is -2.35. The molecule has 1 aliphatic heterocycles. The summed E-state index contributed by atoms with van der Waals surface area (Å²) in [4.78, 5) is 25.1. The van der Waals surface area contributed by atoms with E-state index in [0.29, 0.717) is 11.2 Å². The van der Waals surface area contributed by atoms with Crippen molar-refractivity contribution in [1.82, 2.24) is 15.0 Å². The van der Waals surface area contributed by atoms with E-state index >= 15 is 0 Å². The first kappa shape index (κ1) is 25.3. The lowest BCUT2D eigenvalue weighted by Crippen LogP contribution is -2.40. The van der Waals surface area contributed by atoms with Crippen molar-refractivity contribution in [3.63, 3.8) is 0 Å². The predicted octanol–water partition coefficient (Wildman–Crippen LogP) is 4.41. The number of hydrogen-bond donors (Lipinski definition) is 2. The van der Waals surface area contributed by atoms with Crippen LogP contribution < -0.4 is 16.0 Å². The van der Waals surface area contributed by atoms with Crippen molar-refractivity contribution >= 4 is 34.5 Å². The van der Waals surface area contributed by atoms with Crippen LogP contribution in [0.15, 0.2) is 30.3 Å². The number of esters is 1. The number of rotatable bonds is 4. The van der Waals surface area contributed by atoms with Crippen LogP contribution in [0.1, 0.15) is 18.4 Å². The third kappa shape index (κ3) is 5.06. The third-order valence-corrected chi connectivity index (χ3v) is 5.71. The van der Waals surface area contributed by atoms with E-state index in [0.717, 1.165) is 6.07 Å². The zero-order valence-corrected chi connectivity index (χ0v) is 18.7. The Labute approximate surface area is 200 Å². The van der Waals surface area contributed by atoms with Gasteiger partial charge in [0.1, 0.15) is 11.9 Å². The summed E-state index contributed by atoms with van der Waals surface area (Å²) in [6, 6.07) is 6.59. The lowest BCUT2D eigenvalue weighted by molar-refractivity contribution is -0.205. The molecule has 3 heterocycles. The number of fused-ring (bicyclic) bond motifs is 1. The topological polar surface area (TPSA) is 106 Å². The standard InChI is InChI=1S/C22H20F6N6O2/c1-30-17-12-5-6-14(31-18(12)33-20(29)32-17)16-13(21(23,24)25)3-2-4-15(16)34-9-7-11(8-10-34)36-19(35)22(26,27)28/h2-6,11H,7-10H2,1H3,(H3,29,30,31,32,33). The van der Waals surface area contributed by atoms with Crippen molar-refractivity contribution < 1.29 is 35.9 Å². The van der Waals surface area contributed by atoms with Crippen molar-refractivity contribution in [3.05, 3.63) is 35.9 Å². The Balaban J connectivity index is 1.72. The number of carbonyl (C=O) groups excluding carboxylic acids is 1. The molecule has 1 aliphatic rings. The number of carbonyl (C=O) groups is 1. The van der Waals surface area contributed by atoms with Crippen LogP contribution in [0.4, 0.5) is 43.8 Å². The molecule has 0 amide bonds. The number of nitrogens with two attached hydrogens (primary N) is 1. The van der Waals surface area contributed by atoms with Gasteiger partial charge in [0.25, 0.3) is 0 Å². The van der Waals surface area contributed by atoms with Crippen LogP contribution in [0.2, 0.25) is 0 Å². The number of nitrogens with one attached hydrogen (secondary N) is 1. The predicted molar refractivity (Wildman–Crippen MR) is 119 cm³/mol. The summed E-state index contributed by atoms with van der Waals surface area (Å²) in [6.45, 7) is 0.132. The summed E-state index contributed by atoms with van der Waals surface area (Å²) in [6.07, 6.45) is -10.8. The van der Waals surface area contributed by atoms with Gasteiger partial charge in [0.2, 0.25) is 5.95 Å². The monoisotopic (exact) mass is 514 g/mol. The summed E-state index contributed by atoms with van der Waals surface area (Å²) in [7, 11) is 1.60. The molecule has 0 bridgehead atoms. The molecule has 3 aromatic rings. The number of anilines is 3. The number of hydrogen-bond acceptors (Lipinski definition) is 8. The Kier molecular flexibility index (Phi) is 6.54. The Bertz CT molecular complexity index is 1290. The summed E-state index contributed by atoms with van der Waals surface area (Å²) in [5.41, 5.74) is 4.83. The van der Waals surface area contributed by atoms with Crippen LogP contribution in [-0.4, -0.2) is 53.3 Å². The number of halogens is 6. The molecule has 192 valence electrons. The highest BCUT2D eigenvalue weighted by Gasteiger charge is 2.43. The quantitative estimate of drug-likeness (QED) is 0.390. The van der Waals surface area contributed by atoms with Gasteiger partial charge in [0.05, 0.1) is 16.6 Å². The molecule has 1 fully saturated rings.